The van der Waals surface area contributed by atoms with E-state index in [1.165, 1.54) is 128 Å². The first-order chi connectivity index (χ1) is 46.2. The average Bonchev–Trinajstić information content (AvgIpc) is 3.66. The van der Waals surface area contributed by atoms with E-state index in [0.717, 1.165) is 206 Å². The standard InChI is InChI=1S/C84H146N2O8/c1-85(2)75-65-73-83(89)93-79-67-57-49-41-33-25-17-9-5-13-21-29-37-45-53-61-71-81(87)92-78-64-56-48-40-32-24-16-8-12-20-28-36-44-52-60-70-80(94-84(90)74-66-76-86(3)4)68-58-50-42-34-26-18-10-6-14-22-30-38-46-54-62-72-82(88)91-77-63-55-47-39-31-23-15-7-11-19-27-35-43-51-59-69-79/h5-8,13-16,29-32,37-40,79-80H,9-12,17-28,33-36,41-78H2,1-4H3/b13-5-,14-6-,15-7-,16-8-,37-29-,38-30-,39-31-,40-32-. The van der Waals surface area contributed by atoms with Gasteiger partial charge in [-0.2, -0.15) is 0 Å². The average molecular weight is 1310 g/mol. The Kier molecular flexibility index (Phi) is 66.7. The summed E-state index contributed by atoms with van der Waals surface area (Å²) in [5.41, 5.74) is 0. The highest BCUT2D eigenvalue weighted by molar-refractivity contribution is 5.70. The number of rotatable bonds is 10. The molecule has 10 heteroatoms. The van der Waals surface area contributed by atoms with Crippen molar-refractivity contribution in [3.8, 4) is 0 Å². The van der Waals surface area contributed by atoms with E-state index in [1.807, 2.05) is 0 Å². The Bertz CT molecular complexity index is 1830. The second-order valence-corrected chi connectivity index (χ2v) is 27.5. The molecule has 540 valence electrons. The highest BCUT2D eigenvalue weighted by atomic mass is 16.6. The number of ether oxygens (including phenoxy) is 4. The molecule has 2 unspecified atom stereocenters. The third kappa shape index (κ3) is 69.1. The van der Waals surface area contributed by atoms with Crippen LogP contribution >= 0.6 is 0 Å². The zero-order valence-electron chi connectivity index (χ0n) is 61.6. The maximum atomic E-state index is 12.7. The largest absolute Gasteiger partial charge is 0.466 e. The molecule has 1 rings (SSSR count). The molecule has 0 saturated heterocycles. The fourth-order valence-corrected chi connectivity index (χ4v) is 11.8. The normalized spacial score (nSPS) is 24.2. The second-order valence-electron chi connectivity index (χ2n) is 27.5. The van der Waals surface area contributed by atoms with Crippen molar-refractivity contribution >= 4 is 23.9 Å². The van der Waals surface area contributed by atoms with Gasteiger partial charge in [-0.1, -0.05) is 200 Å². The summed E-state index contributed by atoms with van der Waals surface area (Å²) in [6.45, 7) is 2.87. The van der Waals surface area contributed by atoms with Gasteiger partial charge in [-0.05, 0) is 260 Å². The lowest BCUT2D eigenvalue weighted by molar-refractivity contribution is -0.151. The Morgan fingerprint density at radius 1 is 0.319 bits per heavy atom. The van der Waals surface area contributed by atoms with Gasteiger partial charge in [0.05, 0.1) is 13.2 Å². The van der Waals surface area contributed by atoms with E-state index in [4.69, 9.17) is 18.9 Å². The Balaban J connectivity index is 2.50. The Morgan fingerprint density at radius 2 is 0.543 bits per heavy atom. The van der Waals surface area contributed by atoms with Crippen LogP contribution in [0, 0.1) is 0 Å². The van der Waals surface area contributed by atoms with Crippen LogP contribution in [0.3, 0.4) is 0 Å². The number of hydrogen-bond acceptors (Lipinski definition) is 10. The molecule has 0 aromatic rings. The van der Waals surface area contributed by atoms with Crippen LogP contribution in [0.5, 0.6) is 0 Å². The summed E-state index contributed by atoms with van der Waals surface area (Å²) in [7, 11) is 8.21. The minimum absolute atomic E-state index is 0.0235. The number of esters is 4. The zero-order chi connectivity index (χ0) is 67.8. The van der Waals surface area contributed by atoms with Gasteiger partial charge < -0.3 is 28.7 Å². The molecule has 0 spiro atoms. The molecule has 1 aliphatic heterocycles. The molecular weight excluding hydrogens is 1160 g/mol. The highest BCUT2D eigenvalue weighted by Crippen LogP contribution is 2.21. The van der Waals surface area contributed by atoms with Crippen molar-refractivity contribution < 1.29 is 38.1 Å². The minimum Gasteiger partial charge on any atom is -0.466 e. The monoisotopic (exact) mass is 1310 g/mol. The summed E-state index contributed by atoms with van der Waals surface area (Å²) in [4.78, 5) is 54.3. The third-order valence-electron chi connectivity index (χ3n) is 17.6. The molecule has 10 nitrogen and oxygen atoms in total. The summed E-state index contributed by atoms with van der Waals surface area (Å²) in [6.07, 6.45) is 94.0. The smallest absolute Gasteiger partial charge is 0.306 e. The number of allylic oxidation sites excluding steroid dienone is 16. The van der Waals surface area contributed by atoms with Gasteiger partial charge in [0, 0.05) is 25.7 Å². The van der Waals surface area contributed by atoms with Crippen LogP contribution in [0.4, 0.5) is 0 Å². The minimum atomic E-state index is -0.0624. The molecule has 0 aromatic carbocycles. The summed E-state index contributed by atoms with van der Waals surface area (Å²) in [5.74, 6) is -0.172. The van der Waals surface area contributed by atoms with Crippen molar-refractivity contribution in [1.29, 1.82) is 0 Å². The quantitative estimate of drug-likeness (QED) is 0.119. The topological polar surface area (TPSA) is 112 Å². The maximum absolute atomic E-state index is 12.7. The summed E-state index contributed by atoms with van der Waals surface area (Å²) < 4.78 is 23.1. The number of carbonyl (C=O) groups is 4. The van der Waals surface area contributed by atoms with E-state index in [2.05, 4.69) is 135 Å². The third-order valence-corrected chi connectivity index (χ3v) is 17.6. The van der Waals surface area contributed by atoms with E-state index in [1.54, 1.807) is 0 Å². The second kappa shape index (κ2) is 71.5. The molecule has 94 heavy (non-hydrogen) atoms. The lowest BCUT2D eigenvalue weighted by Gasteiger charge is -2.18. The van der Waals surface area contributed by atoms with Gasteiger partial charge >= 0.3 is 23.9 Å². The number of cyclic esters (lactones) is 2. The van der Waals surface area contributed by atoms with Gasteiger partial charge in [0.25, 0.3) is 0 Å². The highest BCUT2D eigenvalue weighted by Gasteiger charge is 2.16. The van der Waals surface area contributed by atoms with Crippen molar-refractivity contribution in [3.05, 3.63) is 97.2 Å². The zero-order valence-corrected chi connectivity index (χ0v) is 61.6. The lowest BCUT2D eigenvalue weighted by atomic mass is 10.0. The molecule has 2 atom stereocenters. The van der Waals surface area contributed by atoms with Crippen molar-refractivity contribution in [3.63, 3.8) is 0 Å². The van der Waals surface area contributed by atoms with Crippen molar-refractivity contribution in [2.45, 2.75) is 359 Å². The van der Waals surface area contributed by atoms with Gasteiger partial charge in [-0.3, -0.25) is 19.2 Å². The van der Waals surface area contributed by atoms with E-state index < -0.39 is 0 Å². The SMILES string of the molecule is CN(C)CCCC(=O)OC1CCCCCCCC/C=C\C/C=C\CCCCOC(=O)CCCC/C=C\C/C=C\CCCCCCCCC(OC(=O)CCCN(C)C)CCCCCCCC/C=C\C/C=C\CCCCOC(=O)CCCC/C=C\C/C=C\CCCCCCCC1. The first-order valence-electron chi connectivity index (χ1n) is 39.3. The predicted molar refractivity (Wildman–Crippen MR) is 401 cm³/mol. The molecule has 0 bridgehead atoms. The molecule has 0 saturated carbocycles. The summed E-state index contributed by atoms with van der Waals surface area (Å²) >= 11 is 0. The van der Waals surface area contributed by atoms with Gasteiger partial charge in [-0.25, -0.2) is 0 Å². The Hall–Kier alpha value is -4.28. The Morgan fingerprint density at radius 3 is 0.798 bits per heavy atom. The molecule has 0 radical (unpaired) electrons. The van der Waals surface area contributed by atoms with Crippen LogP contribution in [0.15, 0.2) is 97.2 Å². The van der Waals surface area contributed by atoms with E-state index in [0.29, 0.717) is 38.9 Å². The van der Waals surface area contributed by atoms with Crippen molar-refractivity contribution in [1.82, 2.24) is 9.80 Å². The van der Waals surface area contributed by atoms with Gasteiger partial charge in [0.2, 0.25) is 0 Å². The van der Waals surface area contributed by atoms with E-state index >= 15 is 0 Å². The molecule has 0 amide bonds. The number of nitrogens with zero attached hydrogens (tertiary/aromatic N) is 2. The van der Waals surface area contributed by atoms with Crippen LogP contribution in [-0.4, -0.2) is 100 Å². The van der Waals surface area contributed by atoms with Gasteiger partial charge in [0.15, 0.2) is 0 Å². The van der Waals surface area contributed by atoms with Crippen LogP contribution in [0.1, 0.15) is 347 Å². The van der Waals surface area contributed by atoms with Crippen LogP contribution < -0.4 is 0 Å². The first-order valence-corrected chi connectivity index (χ1v) is 39.3. The molecular formula is C84H146N2O8. The van der Waals surface area contributed by atoms with Crippen LogP contribution in [0.2, 0.25) is 0 Å². The van der Waals surface area contributed by atoms with Crippen molar-refractivity contribution in [2.24, 2.45) is 0 Å². The number of hydrogen-bond donors (Lipinski definition) is 0. The Labute approximate surface area is 579 Å². The van der Waals surface area contributed by atoms with E-state index in [9.17, 15) is 19.2 Å². The van der Waals surface area contributed by atoms with Crippen LogP contribution in [-0.2, 0) is 38.1 Å². The lowest BCUT2D eigenvalue weighted by Crippen LogP contribution is -2.20. The molecule has 0 aliphatic carbocycles. The molecule has 0 fully saturated rings. The van der Waals surface area contributed by atoms with Crippen LogP contribution in [0.25, 0.3) is 0 Å². The fraction of sp³-hybridized carbons (Fsp3) is 0.762. The van der Waals surface area contributed by atoms with Gasteiger partial charge in [0.1, 0.15) is 12.2 Å². The fourth-order valence-electron chi connectivity index (χ4n) is 11.8. The molecule has 1 heterocycles. The predicted octanol–water partition coefficient (Wildman–Crippen LogP) is 23.5. The summed E-state index contributed by atoms with van der Waals surface area (Å²) in [6, 6.07) is 0. The molecule has 0 aromatic heterocycles. The number of carbonyl (C=O) groups excluding carboxylic acids is 4. The maximum Gasteiger partial charge on any atom is 0.306 e. The first kappa shape index (κ1) is 87.7. The van der Waals surface area contributed by atoms with Crippen molar-refractivity contribution in [2.75, 3.05) is 54.5 Å². The van der Waals surface area contributed by atoms with Gasteiger partial charge in [-0.15, -0.1) is 0 Å². The van der Waals surface area contributed by atoms with E-state index in [-0.39, 0.29) is 36.1 Å². The molecule has 0 N–H and O–H groups in total. The molecule has 1 aliphatic rings. The summed E-state index contributed by atoms with van der Waals surface area (Å²) in [5, 5.41) is 0.